The van der Waals surface area contributed by atoms with E-state index in [1.165, 1.54) is 6.07 Å². The summed E-state index contributed by atoms with van der Waals surface area (Å²) < 4.78 is 0. The molecule has 0 aliphatic rings. The van der Waals surface area contributed by atoms with Gasteiger partial charge in [-0.3, -0.25) is 4.79 Å². The van der Waals surface area contributed by atoms with Gasteiger partial charge in [0, 0.05) is 5.69 Å². The van der Waals surface area contributed by atoms with Crippen molar-refractivity contribution in [3.05, 3.63) is 39.8 Å². The molecule has 13 heavy (non-hydrogen) atoms. The Morgan fingerprint density at radius 3 is 2.69 bits per heavy atom. The predicted molar refractivity (Wildman–Crippen MR) is 48.7 cm³/mol. The average Bonchev–Trinajstić information content (AvgIpc) is 2.04. The first-order valence-corrected chi connectivity index (χ1v) is 3.74. The zero-order valence-corrected chi connectivity index (χ0v) is 7.07. The molecule has 0 radical (unpaired) electrons. The van der Waals surface area contributed by atoms with E-state index in [9.17, 15) is 9.59 Å². The van der Waals surface area contributed by atoms with Gasteiger partial charge in [-0.2, -0.15) is 0 Å². The maximum Gasteiger partial charge on any atom is 0.341 e. The number of hydrogen-bond donors (Lipinski definition) is 2. The monoisotopic (exact) mass is 179 g/mol. The van der Waals surface area contributed by atoms with Gasteiger partial charge in [-0.25, -0.2) is 4.79 Å². The first-order chi connectivity index (χ1) is 6.15. The van der Waals surface area contributed by atoms with Gasteiger partial charge in [-0.15, -0.1) is 0 Å². The maximum atomic E-state index is 11.1. The van der Waals surface area contributed by atoms with Gasteiger partial charge in [-0.1, -0.05) is 6.08 Å². The van der Waals surface area contributed by atoms with Gasteiger partial charge >= 0.3 is 5.97 Å². The minimum absolute atomic E-state index is 0.242. The SMILES string of the molecule is C/C=C/c1ccc(C(=O)O)c(=O)[nH]1. The molecule has 1 aromatic rings. The standard InChI is InChI=1S/C9H9NO3/c1-2-3-6-4-5-7(9(12)13)8(11)10-6/h2-5H,1H3,(H,10,11)(H,12,13)/b3-2+. The van der Waals surface area contributed by atoms with Crippen LogP contribution in [0.15, 0.2) is 23.0 Å². The fourth-order valence-electron chi connectivity index (χ4n) is 0.934. The first kappa shape index (κ1) is 9.25. The van der Waals surface area contributed by atoms with Crippen LogP contribution in [0.25, 0.3) is 6.08 Å². The molecule has 0 spiro atoms. The number of pyridine rings is 1. The van der Waals surface area contributed by atoms with Crippen molar-refractivity contribution in [1.29, 1.82) is 0 Å². The number of rotatable bonds is 2. The third kappa shape index (κ3) is 2.05. The van der Waals surface area contributed by atoms with E-state index in [0.717, 1.165) is 0 Å². The fraction of sp³-hybridized carbons (Fsp3) is 0.111. The van der Waals surface area contributed by atoms with Gasteiger partial charge in [0.25, 0.3) is 5.56 Å². The molecule has 0 saturated heterocycles. The van der Waals surface area contributed by atoms with E-state index in [4.69, 9.17) is 5.11 Å². The number of hydrogen-bond acceptors (Lipinski definition) is 2. The lowest BCUT2D eigenvalue weighted by Gasteiger charge is -1.94. The van der Waals surface area contributed by atoms with Crippen molar-refractivity contribution in [1.82, 2.24) is 4.98 Å². The first-order valence-electron chi connectivity index (χ1n) is 3.74. The number of carboxylic acid groups (broad SMARTS) is 1. The Morgan fingerprint density at radius 1 is 1.54 bits per heavy atom. The van der Waals surface area contributed by atoms with Gasteiger partial charge in [0.2, 0.25) is 0 Å². The minimum atomic E-state index is -1.21. The summed E-state index contributed by atoms with van der Waals surface area (Å²) in [5, 5.41) is 8.55. The number of H-pyrrole nitrogens is 1. The van der Waals surface area contributed by atoms with Crippen LogP contribution in [0, 0.1) is 0 Å². The van der Waals surface area contributed by atoms with Crippen LogP contribution in [-0.2, 0) is 0 Å². The van der Waals surface area contributed by atoms with E-state index in [-0.39, 0.29) is 5.56 Å². The second-order valence-corrected chi connectivity index (χ2v) is 2.46. The molecule has 0 amide bonds. The molecule has 2 N–H and O–H groups in total. The van der Waals surface area contributed by atoms with E-state index in [2.05, 4.69) is 4.98 Å². The molecule has 0 saturated carbocycles. The number of carboxylic acids is 1. The Hall–Kier alpha value is -1.84. The van der Waals surface area contributed by atoms with Crippen molar-refractivity contribution in [3.63, 3.8) is 0 Å². The third-order valence-corrected chi connectivity index (χ3v) is 1.51. The van der Waals surface area contributed by atoms with E-state index in [0.29, 0.717) is 5.69 Å². The van der Waals surface area contributed by atoms with E-state index in [1.807, 2.05) is 6.92 Å². The number of aromatic nitrogens is 1. The van der Waals surface area contributed by atoms with Crippen LogP contribution in [-0.4, -0.2) is 16.1 Å². The molecule has 0 aliphatic carbocycles. The highest BCUT2D eigenvalue weighted by Gasteiger charge is 2.06. The van der Waals surface area contributed by atoms with E-state index in [1.54, 1.807) is 18.2 Å². The number of nitrogens with one attached hydrogen (secondary N) is 1. The van der Waals surface area contributed by atoms with E-state index >= 15 is 0 Å². The van der Waals surface area contributed by atoms with Crippen molar-refractivity contribution in [2.45, 2.75) is 6.92 Å². The molecular weight excluding hydrogens is 170 g/mol. The van der Waals surface area contributed by atoms with Gasteiger partial charge in [0.15, 0.2) is 0 Å². The highest BCUT2D eigenvalue weighted by Crippen LogP contribution is 1.97. The Balaban J connectivity index is 3.21. The van der Waals surface area contributed by atoms with Gasteiger partial charge in [0.1, 0.15) is 5.56 Å². The van der Waals surface area contributed by atoms with Crippen LogP contribution >= 0.6 is 0 Å². The molecule has 0 atom stereocenters. The molecule has 0 unspecified atom stereocenters. The van der Waals surface area contributed by atoms with Crippen molar-refractivity contribution in [2.24, 2.45) is 0 Å². The molecule has 68 valence electrons. The van der Waals surface area contributed by atoms with Crippen molar-refractivity contribution < 1.29 is 9.90 Å². The van der Waals surface area contributed by atoms with Crippen molar-refractivity contribution in [3.8, 4) is 0 Å². The summed E-state index contributed by atoms with van der Waals surface area (Å²) in [4.78, 5) is 24.0. The Labute approximate surface area is 74.5 Å². The average molecular weight is 179 g/mol. The van der Waals surface area contributed by atoms with Crippen molar-refractivity contribution in [2.75, 3.05) is 0 Å². The van der Waals surface area contributed by atoms with Crippen molar-refractivity contribution >= 4 is 12.0 Å². The smallest absolute Gasteiger partial charge is 0.341 e. The van der Waals surface area contributed by atoms with Crippen LogP contribution in [0.2, 0.25) is 0 Å². The summed E-state index contributed by atoms with van der Waals surface area (Å²) in [5.41, 5.74) is -0.228. The molecule has 4 heteroatoms. The van der Waals surface area contributed by atoms with Gasteiger partial charge in [-0.05, 0) is 25.1 Å². The van der Waals surface area contributed by atoms with Crippen LogP contribution in [0.4, 0.5) is 0 Å². The predicted octanol–water partition coefficient (Wildman–Crippen LogP) is 1.11. The number of aromatic carboxylic acids is 1. The zero-order valence-electron chi connectivity index (χ0n) is 7.07. The fourth-order valence-corrected chi connectivity index (χ4v) is 0.934. The van der Waals surface area contributed by atoms with Crippen LogP contribution in [0.3, 0.4) is 0 Å². The summed E-state index contributed by atoms with van der Waals surface area (Å²) in [5.74, 6) is -1.21. The highest BCUT2D eigenvalue weighted by molar-refractivity contribution is 5.87. The van der Waals surface area contributed by atoms with E-state index < -0.39 is 11.5 Å². The zero-order chi connectivity index (χ0) is 9.84. The maximum absolute atomic E-state index is 11.1. The number of allylic oxidation sites excluding steroid dienone is 1. The molecule has 0 bridgehead atoms. The Bertz CT molecular complexity index is 404. The largest absolute Gasteiger partial charge is 0.477 e. The lowest BCUT2D eigenvalue weighted by Crippen LogP contribution is -2.17. The molecule has 4 nitrogen and oxygen atoms in total. The second-order valence-electron chi connectivity index (χ2n) is 2.46. The summed E-state index contributed by atoms with van der Waals surface area (Å²) in [6.45, 7) is 1.81. The quantitative estimate of drug-likeness (QED) is 0.714. The summed E-state index contributed by atoms with van der Waals surface area (Å²) in [6.07, 6.45) is 3.44. The highest BCUT2D eigenvalue weighted by atomic mass is 16.4. The lowest BCUT2D eigenvalue weighted by molar-refractivity contribution is 0.0695. The Kier molecular flexibility index (Phi) is 2.64. The van der Waals surface area contributed by atoms with Crippen LogP contribution in [0.1, 0.15) is 23.0 Å². The molecule has 0 aromatic carbocycles. The molecule has 0 aliphatic heterocycles. The Morgan fingerprint density at radius 2 is 2.23 bits per heavy atom. The molecule has 1 heterocycles. The minimum Gasteiger partial charge on any atom is -0.477 e. The molecule has 0 fully saturated rings. The molecular formula is C9H9NO3. The van der Waals surface area contributed by atoms with Crippen LogP contribution in [0.5, 0.6) is 0 Å². The molecule has 1 rings (SSSR count). The summed E-state index contributed by atoms with van der Waals surface area (Å²) in [7, 11) is 0. The third-order valence-electron chi connectivity index (χ3n) is 1.51. The second kappa shape index (κ2) is 3.71. The lowest BCUT2D eigenvalue weighted by atomic mass is 10.2. The number of carbonyl (C=O) groups is 1. The normalized spacial score (nSPS) is 10.5. The topological polar surface area (TPSA) is 70.2 Å². The van der Waals surface area contributed by atoms with Crippen LogP contribution < -0.4 is 5.56 Å². The molecule has 1 aromatic heterocycles. The summed E-state index contributed by atoms with van der Waals surface area (Å²) >= 11 is 0. The van der Waals surface area contributed by atoms with Gasteiger partial charge in [0.05, 0.1) is 0 Å². The summed E-state index contributed by atoms with van der Waals surface area (Å²) in [6, 6.07) is 2.83. The number of aromatic amines is 1. The van der Waals surface area contributed by atoms with Gasteiger partial charge < -0.3 is 10.1 Å².